The Kier molecular flexibility index (Phi) is 4.14. The first-order chi connectivity index (χ1) is 7.99. The van der Waals surface area contributed by atoms with Crippen LogP contribution in [0.4, 0.5) is 0 Å². The smallest absolute Gasteiger partial charge is 0.0931 e. The van der Waals surface area contributed by atoms with Gasteiger partial charge in [-0.1, -0.05) is 18.5 Å². The van der Waals surface area contributed by atoms with Crippen molar-refractivity contribution in [2.45, 2.75) is 45.5 Å². The summed E-state index contributed by atoms with van der Waals surface area (Å²) in [6.07, 6.45) is 0.689. The average Bonchev–Trinajstić information content (AvgIpc) is 2.73. The molecule has 0 aromatic carbocycles. The molecule has 1 aliphatic rings. The summed E-state index contributed by atoms with van der Waals surface area (Å²) in [5.41, 5.74) is 0. The van der Waals surface area contributed by atoms with Crippen LogP contribution in [-0.4, -0.2) is 23.4 Å². The van der Waals surface area contributed by atoms with Crippen molar-refractivity contribution in [3.63, 3.8) is 0 Å². The molecular formula is C13H19ClO2S. The van der Waals surface area contributed by atoms with E-state index in [4.69, 9.17) is 16.3 Å². The summed E-state index contributed by atoms with van der Waals surface area (Å²) in [6, 6.07) is 3.87. The van der Waals surface area contributed by atoms with Gasteiger partial charge in [0, 0.05) is 17.2 Å². The second kappa shape index (κ2) is 5.27. The van der Waals surface area contributed by atoms with Crippen LogP contribution in [0.1, 0.15) is 25.6 Å². The quantitative estimate of drug-likeness (QED) is 0.916. The van der Waals surface area contributed by atoms with E-state index in [1.165, 1.54) is 0 Å². The molecule has 0 radical (unpaired) electrons. The molecule has 2 nitrogen and oxygen atoms in total. The van der Waals surface area contributed by atoms with Crippen LogP contribution in [0.25, 0.3) is 0 Å². The summed E-state index contributed by atoms with van der Waals surface area (Å²) >= 11 is 7.44. The average molecular weight is 275 g/mol. The molecule has 1 aromatic rings. The Labute approximate surface area is 112 Å². The van der Waals surface area contributed by atoms with E-state index in [1.807, 2.05) is 12.1 Å². The standard InChI is InChI=1S/C13H19ClO2S/c1-7-8(2)16-9(3)13(7)11(15)6-10-4-5-12(14)17-10/h4-5,7-9,11,13,15H,6H2,1-3H3. The third-order valence-electron chi connectivity index (χ3n) is 3.80. The molecule has 1 N–H and O–H groups in total. The maximum absolute atomic E-state index is 10.4. The third-order valence-corrected chi connectivity index (χ3v) is 5.06. The molecule has 4 heteroatoms. The molecule has 1 fully saturated rings. The zero-order chi connectivity index (χ0) is 12.6. The first kappa shape index (κ1) is 13.3. The summed E-state index contributed by atoms with van der Waals surface area (Å²) in [4.78, 5) is 1.14. The highest BCUT2D eigenvalue weighted by Gasteiger charge is 2.41. The number of halogens is 1. The first-order valence-corrected chi connectivity index (χ1v) is 7.26. The van der Waals surface area contributed by atoms with E-state index in [0.29, 0.717) is 12.3 Å². The SMILES string of the molecule is CC1OC(C)C(C(O)Cc2ccc(Cl)s2)C1C. The lowest BCUT2D eigenvalue weighted by Gasteiger charge is -2.24. The van der Waals surface area contributed by atoms with Crippen LogP contribution in [0.15, 0.2) is 12.1 Å². The molecule has 1 aromatic heterocycles. The number of rotatable bonds is 3. The summed E-state index contributed by atoms with van der Waals surface area (Å²) in [5, 5.41) is 10.4. The van der Waals surface area contributed by atoms with Crippen molar-refractivity contribution in [3.8, 4) is 0 Å². The number of hydrogen-bond acceptors (Lipinski definition) is 3. The van der Waals surface area contributed by atoms with Crippen LogP contribution in [0.2, 0.25) is 4.34 Å². The molecule has 5 atom stereocenters. The summed E-state index contributed by atoms with van der Waals surface area (Å²) in [6.45, 7) is 6.29. The van der Waals surface area contributed by atoms with Gasteiger partial charge in [0.1, 0.15) is 0 Å². The fourth-order valence-electron chi connectivity index (χ4n) is 2.76. The number of hydrogen-bond donors (Lipinski definition) is 1. The number of thiophene rings is 1. The van der Waals surface area contributed by atoms with Gasteiger partial charge in [0.2, 0.25) is 0 Å². The van der Waals surface area contributed by atoms with Gasteiger partial charge in [-0.15, -0.1) is 11.3 Å². The van der Waals surface area contributed by atoms with E-state index in [2.05, 4.69) is 20.8 Å². The van der Waals surface area contributed by atoms with Crippen molar-refractivity contribution in [1.29, 1.82) is 0 Å². The van der Waals surface area contributed by atoms with Gasteiger partial charge in [0.05, 0.1) is 22.6 Å². The number of aliphatic hydroxyl groups excluding tert-OH is 1. The Morgan fingerprint density at radius 1 is 1.35 bits per heavy atom. The van der Waals surface area contributed by atoms with E-state index in [1.54, 1.807) is 11.3 Å². The molecule has 0 aliphatic carbocycles. The van der Waals surface area contributed by atoms with Gasteiger partial charge >= 0.3 is 0 Å². The molecule has 17 heavy (non-hydrogen) atoms. The van der Waals surface area contributed by atoms with Crippen LogP contribution in [-0.2, 0) is 11.2 Å². The second-order valence-corrected chi connectivity index (χ2v) is 6.76. The Morgan fingerprint density at radius 3 is 2.53 bits per heavy atom. The first-order valence-electron chi connectivity index (χ1n) is 6.06. The molecule has 2 rings (SSSR count). The van der Waals surface area contributed by atoms with Crippen molar-refractivity contribution in [1.82, 2.24) is 0 Å². The third kappa shape index (κ3) is 2.84. The molecule has 96 valence electrons. The highest BCUT2D eigenvalue weighted by atomic mass is 35.5. The van der Waals surface area contributed by atoms with Gasteiger partial charge in [0.25, 0.3) is 0 Å². The fourth-order valence-corrected chi connectivity index (χ4v) is 3.90. The van der Waals surface area contributed by atoms with Crippen molar-refractivity contribution < 1.29 is 9.84 Å². The monoisotopic (exact) mass is 274 g/mol. The lowest BCUT2D eigenvalue weighted by molar-refractivity contribution is 0.0242. The Hall–Kier alpha value is -0.0900. The van der Waals surface area contributed by atoms with Crippen LogP contribution < -0.4 is 0 Å². The van der Waals surface area contributed by atoms with Crippen LogP contribution in [0, 0.1) is 11.8 Å². The largest absolute Gasteiger partial charge is 0.392 e. The van der Waals surface area contributed by atoms with E-state index in [-0.39, 0.29) is 24.2 Å². The minimum absolute atomic E-state index is 0.130. The second-order valence-electron chi connectivity index (χ2n) is 4.96. The van der Waals surface area contributed by atoms with E-state index in [9.17, 15) is 5.11 Å². The van der Waals surface area contributed by atoms with Gasteiger partial charge < -0.3 is 9.84 Å². The van der Waals surface area contributed by atoms with Crippen LogP contribution in [0.5, 0.6) is 0 Å². The van der Waals surface area contributed by atoms with Gasteiger partial charge in [-0.3, -0.25) is 0 Å². The van der Waals surface area contributed by atoms with Gasteiger partial charge in [0.15, 0.2) is 0 Å². The Balaban J connectivity index is 2.02. The molecule has 1 saturated heterocycles. The highest BCUT2D eigenvalue weighted by Crippen LogP contribution is 2.36. The van der Waals surface area contributed by atoms with Crippen LogP contribution >= 0.6 is 22.9 Å². The van der Waals surface area contributed by atoms with Crippen molar-refractivity contribution in [2.24, 2.45) is 11.8 Å². The molecule has 0 spiro atoms. The molecule has 5 unspecified atom stereocenters. The predicted molar refractivity (Wildman–Crippen MR) is 71.7 cm³/mol. The van der Waals surface area contributed by atoms with Gasteiger partial charge in [-0.05, 0) is 31.9 Å². The lowest BCUT2D eigenvalue weighted by Crippen LogP contribution is -2.32. The summed E-state index contributed by atoms with van der Waals surface area (Å²) < 4.78 is 6.55. The fraction of sp³-hybridized carbons (Fsp3) is 0.692. The molecular weight excluding hydrogens is 256 g/mol. The maximum atomic E-state index is 10.4. The van der Waals surface area contributed by atoms with Gasteiger partial charge in [-0.25, -0.2) is 0 Å². The zero-order valence-electron chi connectivity index (χ0n) is 10.4. The zero-order valence-corrected chi connectivity index (χ0v) is 12.0. The normalized spacial score (nSPS) is 35.1. The molecule has 1 aliphatic heterocycles. The summed E-state index contributed by atoms with van der Waals surface area (Å²) in [7, 11) is 0. The number of aliphatic hydroxyl groups is 1. The molecule has 0 saturated carbocycles. The van der Waals surface area contributed by atoms with E-state index in [0.717, 1.165) is 9.21 Å². The lowest BCUT2D eigenvalue weighted by atomic mass is 9.83. The maximum Gasteiger partial charge on any atom is 0.0931 e. The Bertz CT molecular complexity index is 379. The van der Waals surface area contributed by atoms with E-state index < -0.39 is 0 Å². The minimum Gasteiger partial charge on any atom is -0.392 e. The molecule has 0 amide bonds. The predicted octanol–water partition coefficient (Wildman–Crippen LogP) is 3.36. The van der Waals surface area contributed by atoms with Crippen molar-refractivity contribution in [3.05, 3.63) is 21.3 Å². The van der Waals surface area contributed by atoms with E-state index >= 15 is 0 Å². The summed E-state index contributed by atoms with van der Waals surface area (Å²) in [5.74, 6) is 0.612. The highest BCUT2D eigenvalue weighted by molar-refractivity contribution is 7.16. The number of ether oxygens (including phenoxy) is 1. The molecule has 2 heterocycles. The molecule has 0 bridgehead atoms. The topological polar surface area (TPSA) is 29.5 Å². The Morgan fingerprint density at radius 2 is 2.06 bits per heavy atom. The van der Waals surface area contributed by atoms with Crippen molar-refractivity contribution >= 4 is 22.9 Å². The minimum atomic E-state index is -0.348. The van der Waals surface area contributed by atoms with Crippen LogP contribution in [0.3, 0.4) is 0 Å². The van der Waals surface area contributed by atoms with Crippen molar-refractivity contribution in [2.75, 3.05) is 0 Å². The van der Waals surface area contributed by atoms with Gasteiger partial charge in [-0.2, -0.15) is 0 Å².